The van der Waals surface area contributed by atoms with Gasteiger partial charge in [0.25, 0.3) is 0 Å². The maximum Gasteiger partial charge on any atom is 1.00 e. The number of nitrogens with zero attached hydrogens (tertiary/aromatic N) is 1. The van der Waals surface area contributed by atoms with Crippen LogP contribution in [0.4, 0.5) is 26.3 Å². The Bertz CT molecular complexity index is 457. The van der Waals surface area contributed by atoms with E-state index >= 15 is 0 Å². The number of hydrogen-bond acceptors (Lipinski definition) is 4. The first kappa shape index (κ1) is 29.6. The van der Waals surface area contributed by atoms with E-state index in [9.17, 15) is 39.3 Å². The van der Waals surface area contributed by atoms with E-state index in [1.165, 1.54) is 0 Å². The summed E-state index contributed by atoms with van der Waals surface area (Å²) in [7, 11) is -4.14. The van der Waals surface area contributed by atoms with Gasteiger partial charge in [-0.15, -0.1) is 4.90 Å². The first-order valence-corrected chi connectivity index (χ1v) is 10.3. The van der Waals surface area contributed by atoms with E-state index in [0.29, 0.717) is 25.7 Å². The number of unbranched alkanes of at least 4 members (excludes halogenated alkanes) is 10. The fourth-order valence-electron chi connectivity index (χ4n) is 2.54. The molecule has 158 valence electrons. The average molecular weight is 437 g/mol. The molecular weight excluding hydrogens is 411 g/mol. The van der Waals surface area contributed by atoms with Crippen molar-refractivity contribution in [2.24, 2.45) is 0 Å². The Morgan fingerprint density at radius 3 is 1.22 bits per heavy atom. The molecule has 27 heavy (non-hydrogen) atoms. The van der Waals surface area contributed by atoms with Crippen LogP contribution in [-0.4, -0.2) is 42.8 Å². The van der Waals surface area contributed by atoms with Crippen molar-refractivity contribution in [3.8, 4) is 0 Å². The van der Waals surface area contributed by atoms with Gasteiger partial charge in [-0.25, -0.2) is 8.42 Å². The Balaban J connectivity index is 0. The molecule has 0 aromatic carbocycles. The van der Waals surface area contributed by atoms with Crippen molar-refractivity contribution in [2.75, 3.05) is 12.3 Å². The monoisotopic (exact) mass is 437 g/mol. The number of alkyl halides is 6. The van der Waals surface area contributed by atoms with Crippen molar-refractivity contribution >= 4 is 10.1 Å². The van der Waals surface area contributed by atoms with Gasteiger partial charge in [0.05, 0.1) is 10.1 Å². The van der Waals surface area contributed by atoms with Crippen LogP contribution in [-0.2, 0) is 10.1 Å². The van der Waals surface area contributed by atoms with Crippen LogP contribution >= 0.6 is 0 Å². The van der Waals surface area contributed by atoms with Crippen LogP contribution in [0.3, 0.4) is 0 Å². The van der Waals surface area contributed by atoms with Gasteiger partial charge in [0.15, 0.2) is 0 Å². The minimum atomic E-state index is -5.41. The smallest absolute Gasteiger partial charge is 0.748 e. The molecule has 0 saturated carbocycles. The first-order valence-electron chi connectivity index (χ1n) is 8.69. The molecule has 0 unspecified atom stereocenters. The van der Waals surface area contributed by atoms with E-state index in [1.54, 1.807) is 0 Å². The third-order valence-electron chi connectivity index (χ3n) is 3.89. The van der Waals surface area contributed by atoms with Crippen LogP contribution in [0.1, 0.15) is 70.6 Å². The normalized spacial score (nSPS) is 13.0. The fraction of sp³-hybridized carbons (Fsp3) is 1.00. The summed E-state index contributed by atoms with van der Waals surface area (Å²) in [4.78, 5) is -1.39. The summed E-state index contributed by atoms with van der Waals surface area (Å²) in [5.41, 5.74) is 0. The number of halogens is 6. The van der Waals surface area contributed by atoms with Gasteiger partial charge in [0.1, 0.15) is 0 Å². The van der Waals surface area contributed by atoms with Crippen molar-refractivity contribution in [3.63, 3.8) is 0 Å². The summed E-state index contributed by atoms with van der Waals surface area (Å²) in [5.74, 6) is -0.340. The van der Waals surface area contributed by atoms with Crippen molar-refractivity contribution < 1.29 is 68.9 Å². The second-order valence-electron chi connectivity index (χ2n) is 6.24. The number of hydrogen-bond donors (Lipinski definition) is 0. The zero-order valence-corrected chi connectivity index (χ0v) is 18.4. The van der Waals surface area contributed by atoms with E-state index in [1.807, 2.05) is 0 Å². The largest absolute Gasteiger partial charge is 1.00 e. The second-order valence-corrected chi connectivity index (χ2v) is 7.76. The standard InChI is InChI=1S/C15H27F6NO3S.Na/c16-14(17,18)22(15(19,20)21)12-10-8-6-4-2-1-3-5-7-9-11-13-26(23,24)25;/h1-13H2,(H,23,24,25);/q;+1/p-1. The van der Waals surface area contributed by atoms with E-state index in [0.717, 1.165) is 38.5 Å². The van der Waals surface area contributed by atoms with Gasteiger partial charge in [-0.3, -0.25) is 0 Å². The molecule has 0 rings (SSSR count). The predicted octanol–water partition coefficient (Wildman–Crippen LogP) is 2.17. The summed E-state index contributed by atoms with van der Waals surface area (Å²) < 4.78 is 105. The van der Waals surface area contributed by atoms with Crippen molar-refractivity contribution in [2.45, 2.75) is 83.2 Å². The minimum absolute atomic E-state index is 0. The van der Waals surface area contributed by atoms with E-state index in [-0.39, 0.29) is 41.7 Å². The zero-order chi connectivity index (χ0) is 20.3. The Morgan fingerprint density at radius 2 is 0.926 bits per heavy atom. The third kappa shape index (κ3) is 18.2. The van der Waals surface area contributed by atoms with Crippen LogP contribution in [0.5, 0.6) is 0 Å². The Hall–Kier alpha value is 0.450. The van der Waals surface area contributed by atoms with Crippen molar-refractivity contribution in [1.29, 1.82) is 0 Å². The van der Waals surface area contributed by atoms with Gasteiger partial charge in [-0.1, -0.05) is 57.8 Å². The Morgan fingerprint density at radius 1 is 0.630 bits per heavy atom. The molecule has 0 heterocycles. The topological polar surface area (TPSA) is 60.4 Å². The molecule has 0 aliphatic carbocycles. The summed E-state index contributed by atoms with van der Waals surface area (Å²) in [6, 6.07) is 0. The molecule has 0 amide bonds. The Labute approximate surface area is 179 Å². The molecule has 0 atom stereocenters. The first-order chi connectivity index (χ1) is 11.8. The van der Waals surface area contributed by atoms with Gasteiger partial charge >= 0.3 is 42.2 Å². The molecular formula is C15H26F6NNaO3S. The SMILES string of the molecule is O=S(=O)([O-])CCCCCCCCCCCCCN(C(F)(F)F)C(F)(F)F.[Na+]. The molecule has 4 nitrogen and oxygen atoms in total. The number of rotatable bonds is 14. The van der Waals surface area contributed by atoms with Crippen LogP contribution < -0.4 is 29.6 Å². The van der Waals surface area contributed by atoms with E-state index in [2.05, 4.69) is 0 Å². The van der Waals surface area contributed by atoms with Crippen LogP contribution in [0.25, 0.3) is 0 Å². The third-order valence-corrected chi connectivity index (χ3v) is 4.68. The maximum atomic E-state index is 12.3. The van der Waals surface area contributed by atoms with E-state index in [4.69, 9.17) is 0 Å². The molecule has 12 heteroatoms. The molecule has 0 fully saturated rings. The average Bonchev–Trinajstić information content (AvgIpc) is 2.43. The van der Waals surface area contributed by atoms with Crippen LogP contribution in [0.2, 0.25) is 0 Å². The quantitative estimate of drug-likeness (QED) is 0.137. The molecule has 0 aliphatic heterocycles. The summed E-state index contributed by atoms with van der Waals surface area (Å²) >= 11 is 0. The molecule has 0 spiro atoms. The summed E-state index contributed by atoms with van der Waals surface area (Å²) in [6.07, 6.45) is -3.84. The van der Waals surface area contributed by atoms with Gasteiger partial charge in [0, 0.05) is 12.3 Å². The maximum absolute atomic E-state index is 12.3. The molecule has 0 aliphatic rings. The molecule has 0 N–H and O–H groups in total. The molecule has 0 aromatic heterocycles. The van der Waals surface area contributed by atoms with E-state index < -0.39 is 34.2 Å². The summed E-state index contributed by atoms with van der Waals surface area (Å²) in [5, 5.41) is 0. The zero-order valence-electron chi connectivity index (χ0n) is 15.5. The second kappa shape index (κ2) is 14.4. The molecule has 0 saturated heterocycles. The summed E-state index contributed by atoms with van der Waals surface area (Å²) in [6.45, 7) is -1.08. The van der Waals surface area contributed by atoms with Crippen LogP contribution in [0, 0.1) is 0 Å². The molecule has 0 aromatic rings. The van der Waals surface area contributed by atoms with Crippen molar-refractivity contribution in [1.82, 2.24) is 4.90 Å². The minimum Gasteiger partial charge on any atom is -0.748 e. The van der Waals surface area contributed by atoms with Gasteiger partial charge in [-0.05, 0) is 12.8 Å². The fourth-order valence-corrected chi connectivity index (χ4v) is 3.09. The molecule has 0 bridgehead atoms. The van der Waals surface area contributed by atoms with Crippen LogP contribution in [0.15, 0.2) is 0 Å². The van der Waals surface area contributed by atoms with Gasteiger partial charge < -0.3 is 4.55 Å². The Kier molecular flexibility index (Phi) is 15.9. The predicted molar refractivity (Wildman–Crippen MR) is 84.2 cm³/mol. The van der Waals surface area contributed by atoms with Gasteiger partial charge in [-0.2, -0.15) is 26.3 Å². The van der Waals surface area contributed by atoms with Gasteiger partial charge in [0.2, 0.25) is 0 Å². The molecule has 0 radical (unpaired) electrons. The van der Waals surface area contributed by atoms with Crippen molar-refractivity contribution in [3.05, 3.63) is 0 Å².